The standard InChI is InChI=1S/C27H31N7O7/c1-16(24(37)38)29-27(40)41-15-17-7-6-8-18(13-17)30-22(35)14-34-23(36)21(33-26(34)39)11-4-5-12-28-25-31-19-9-2-3-10-20(19)32-25/h2-3,6-10,13,16,36H,4-5,11-12,14-15H2,1H3,(H,29,40)(H,30,35)(H,33,39)(H,37,38)(H2,28,31,32)/t16-/m0/s1. The van der Waals surface area contributed by atoms with Crippen LogP contribution in [0.5, 0.6) is 5.88 Å². The summed E-state index contributed by atoms with van der Waals surface area (Å²) in [5, 5.41) is 27.4. The van der Waals surface area contributed by atoms with Crippen molar-refractivity contribution in [2.45, 2.75) is 45.4 Å². The Hall–Kier alpha value is -5.27. The molecule has 0 aliphatic carbocycles. The van der Waals surface area contributed by atoms with E-state index in [0.29, 0.717) is 42.3 Å². The van der Waals surface area contributed by atoms with Crippen molar-refractivity contribution in [2.24, 2.45) is 0 Å². The third kappa shape index (κ3) is 7.88. The molecule has 14 heteroatoms. The van der Waals surface area contributed by atoms with Gasteiger partial charge in [0.15, 0.2) is 0 Å². The van der Waals surface area contributed by atoms with Crippen molar-refractivity contribution < 1.29 is 29.3 Å². The average molecular weight is 566 g/mol. The smallest absolute Gasteiger partial charge is 0.408 e. The molecule has 1 atom stereocenters. The van der Waals surface area contributed by atoms with Crippen LogP contribution in [0.25, 0.3) is 11.0 Å². The maximum atomic E-state index is 12.6. The number of aryl methyl sites for hydroxylation is 1. The third-order valence-electron chi connectivity index (χ3n) is 6.15. The molecule has 7 N–H and O–H groups in total. The fraction of sp³-hybridized carbons (Fsp3) is 0.296. The number of alkyl carbamates (subject to hydrolysis) is 1. The summed E-state index contributed by atoms with van der Waals surface area (Å²) in [6, 6.07) is 13.1. The number of carboxylic acid groups (broad SMARTS) is 1. The average Bonchev–Trinajstić information content (AvgIpc) is 3.47. The number of hydrogen-bond acceptors (Lipinski definition) is 8. The summed E-state index contributed by atoms with van der Waals surface area (Å²) in [7, 11) is 0. The van der Waals surface area contributed by atoms with Crippen molar-refractivity contribution in [3.05, 3.63) is 70.3 Å². The number of unbranched alkanes of at least 4 members (excludes halogenated alkanes) is 1. The number of aromatic nitrogens is 4. The Labute approximate surface area is 233 Å². The summed E-state index contributed by atoms with van der Waals surface area (Å²) in [6.45, 7) is 1.38. The van der Waals surface area contributed by atoms with Gasteiger partial charge in [-0.1, -0.05) is 24.3 Å². The number of H-pyrrole nitrogens is 2. The van der Waals surface area contributed by atoms with Crippen LogP contribution in [-0.2, 0) is 33.9 Å². The van der Waals surface area contributed by atoms with Gasteiger partial charge >= 0.3 is 17.8 Å². The number of ether oxygens (including phenoxy) is 1. The van der Waals surface area contributed by atoms with E-state index in [0.717, 1.165) is 22.0 Å². The Kier molecular flexibility index (Phi) is 9.24. The second kappa shape index (κ2) is 13.2. The molecule has 2 aromatic heterocycles. The molecular formula is C27H31N7O7. The SMILES string of the molecule is C[C@H](NC(=O)OCc1cccc(NC(=O)Cn2c(O)c(CCCCNc3nc4ccccc4[nH]3)[nH]c2=O)c1)C(=O)O. The Morgan fingerprint density at radius 2 is 1.90 bits per heavy atom. The topological polar surface area (TPSA) is 203 Å². The maximum Gasteiger partial charge on any atom is 0.408 e. The first kappa shape index (κ1) is 28.7. The minimum atomic E-state index is -1.20. The highest BCUT2D eigenvalue weighted by atomic mass is 16.5. The number of rotatable bonds is 13. The molecule has 14 nitrogen and oxygen atoms in total. The largest absolute Gasteiger partial charge is 0.493 e. The predicted octanol–water partition coefficient (Wildman–Crippen LogP) is 2.53. The molecule has 216 valence electrons. The van der Waals surface area contributed by atoms with Crippen LogP contribution in [0.2, 0.25) is 0 Å². The van der Waals surface area contributed by atoms with Crippen molar-refractivity contribution in [2.75, 3.05) is 17.2 Å². The van der Waals surface area contributed by atoms with E-state index in [4.69, 9.17) is 9.84 Å². The number of nitrogens with zero attached hydrogens (tertiary/aromatic N) is 2. The zero-order valence-corrected chi connectivity index (χ0v) is 22.3. The highest BCUT2D eigenvalue weighted by Crippen LogP contribution is 2.17. The number of nitrogens with one attached hydrogen (secondary N) is 5. The highest BCUT2D eigenvalue weighted by Gasteiger charge is 2.17. The van der Waals surface area contributed by atoms with Crippen LogP contribution in [0.1, 0.15) is 31.0 Å². The normalized spacial score (nSPS) is 11.6. The lowest BCUT2D eigenvalue weighted by atomic mass is 10.2. The number of para-hydroxylation sites is 2. The van der Waals surface area contributed by atoms with Crippen LogP contribution in [0, 0.1) is 0 Å². The number of carbonyl (C=O) groups excluding carboxylic acids is 2. The van der Waals surface area contributed by atoms with E-state index >= 15 is 0 Å². The Balaban J connectivity index is 1.23. The van der Waals surface area contributed by atoms with Gasteiger partial charge in [-0.15, -0.1) is 0 Å². The quantitative estimate of drug-likeness (QED) is 0.119. The van der Waals surface area contributed by atoms with Gasteiger partial charge in [0.05, 0.1) is 16.7 Å². The molecule has 0 fully saturated rings. The lowest BCUT2D eigenvalue weighted by molar-refractivity contribution is -0.138. The molecule has 4 rings (SSSR count). The van der Waals surface area contributed by atoms with Gasteiger partial charge in [0.1, 0.15) is 19.2 Å². The molecule has 0 unspecified atom stereocenters. The molecule has 41 heavy (non-hydrogen) atoms. The van der Waals surface area contributed by atoms with Crippen LogP contribution < -0.4 is 21.6 Å². The molecule has 0 spiro atoms. The Morgan fingerprint density at radius 1 is 1.10 bits per heavy atom. The fourth-order valence-corrected chi connectivity index (χ4v) is 4.01. The van der Waals surface area contributed by atoms with Gasteiger partial charge < -0.3 is 40.9 Å². The zero-order valence-electron chi connectivity index (χ0n) is 22.3. The number of carbonyl (C=O) groups is 3. The number of benzene rings is 2. The van der Waals surface area contributed by atoms with Gasteiger partial charge in [0.25, 0.3) is 0 Å². The van der Waals surface area contributed by atoms with Crippen LogP contribution in [0.15, 0.2) is 53.3 Å². The first-order valence-corrected chi connectivity index (χ1v) is 12.9. The predicted molar refractivity (Wildman–Crippen MR) is 150 cm³/mol. The molecular weight excluding hydrogens is 534 g/mol. The maximum absolute atomic E-state index is 12.6. The summed E-state index contributed by atoms with van der Waals surface area (Å²) in [5.41, 5.74) is 2.49. The Bertz CT molecular complexity index is 1560. The summed E-state index contributed by atoms with van der Waals surface area (Å²) < 4.78 is 5.96. The second-order valence-electron chi connectivity index (χ2n) is 9.33. The molecule has 0 aliphatic heterocycles. The third-order valence-corrected chi connectivity index (χ3v) is 6.15. The van der Waals surface area contributed by atoms with E-state index in [-0.39, 0.29) is 12.5 Å². The minimum absolute atomic E-state index is 0.156. The molecule has 0 saturated heterocycles. The first-order chi connectivity index (χ1) is 19.7. The first-order valence-electron chi connectivity index (χ1n) is 12.9. The molecule has 2 amide bonds. The zero-order chi connectivity index (χ0) is 29.4. The van der Waals surface area contributed by atoms with Crippen molar-refractivity contribution in [3.63, 3.8) is 0 Å². The van der Waals surface area contributed by atoms with E-state index in [1.807, 2.05) is 24.3 Å². The minimum Gasteiger partial charge on any atom is -0.493 e. The van der Waals surface area contributed by atoms with Gasteiger partial charge in [-0.2, -0.15) is 0 Å². The molecule has 2 aromatic carbocycles. The van der Waals surface area contributed by atoms with Crippen LogP contribution >= 0.6 is 0 Å². The Morgan fingerprint density at radius 3 is 2.68 bits per heavy atom. The monoisotopic (exact) mass is 565 g/mol. The number of aromatic amines is 2. The van der Waals surface area contributed by atoms with E-state index in [2.05, 4.69) is 30.9 Å². The number of aliphatic carboxylic acids is 1. The number of anilines is 2. The highest BCUT2D eigenvalue weighted by molar-refractivity contribution is 5.90. The number of fused-ring (bicyclic) bond motifs is 1. The number of imidazole rings is 2. The van der Waals surface area contributed by atoms with Gasteiger partial charge in [0, 0.05) is 12.2 Å². The molecule has 4 aromatic rings. The van der Waals surface area contributed by atoms with Crippen LogP contribution in [0.3, 0.4) is 0 Å². The number of carboxylic acids is 1. The van der Waals surface area contributed by atoms with E-state index < -0.39 is 36.2 Å². The second-order valence-corrected chi connectivity index (χ2v) is 9.33. The summed E-state index contributed by atoms with van der Waals surface area (Å²) >= 11 is 0. The van der Waals surface area contributed by atoms with Crippen molar-refractivity contribution >= 4 is 40.6 Å². The van der Waals surface area contributed by atoms with E-state index in [9.17, 15) is 24.3 Å². The molecule has 2 heterocycles. The molecule has 0 saturated carbocycles. The summed E-state index contributed by atoms with van der Waals surface area (Å²) in [6.07, 6.45) is 0.952. The lowest BCUT2D eigenvalue weighted by Gasteiger charge is -2.11. The fourth-order valence-electron chi connectivity index (χ4n) is 4.01. The van der Waals surface area contributed by atoms with Crippen molar-refractivity contribution in [3.8, 4) is 5.88 Å². The number of hydrogen-bond donors (Lipinski definition) is 7. The van der Waals surface area contributed by atoms with Gasteiger partial charge in [-0.25, -0.2) is 14.6 Å². The lowest BCUT2D eigenvalue weighted by Crippen LogP contribution is -2.38. The van der Waals surface area contributed by atoms with Crippen molar-refractivity contribution in [1.29, 1.82) is 0 Å². The van der Waals surface area contributed by atoms with Crippen LogP contribution in [-0.4, -0.2) is 60.3 Å². The molecule has 0 aliphatic rings. The summed E-state index contributed by atoms with van der Waals surface area (Å²) in [5.74, 6) is -1.36. The molecule has 0 radical (unpaired) electrons. The number of aromatic hydroxyl groups is 1. The molecule has 0 bridgehead atoms. The van der Waals surface area contributed by atoms with Crippen LogP contribution in [0.4, 0.5) is 16.4 Å². The van der Waals surface area contributed by atoms with Gasteiger partial charge in [-0.3, -0.25) is 14.2 Å². The number of amides is 2. The van der Waals surface area contributed by atoms with E-state index in [1.165, 1.54) is 6.92 Å². The van der Waals surface area contributed by atoms with Gasteiger partial charge in [-0.05, 0) is 56.0 Å². The van der Waals surface area contributed by atoms with Gasteiger partial charge in [0.2, 0.25) is 17.7 Å². The van der Waals surface area contributed by atoms with E-state index in [1.54, 1.807) is 24.3 Å². The van der Waals surface area contributed by atoms with Crippen molar-refractivity contribution in [1.82, 2.24) is 24.8 Å². The summed E-state index contributed by atoms with van der Waals surface area (Å²) in [4.78, 5) is 57.8.